The van der Waals surface area contributed by atoms with Gasteiger partial charge in [0.05, 0.1) is 11.7 Å². The number of para-hydroxylation sites is 1. The minimum absolute atomic E-state index is 0.0586. The van der Waals surface area contributed by atoms with Crippen molar-refractivity contribution in [2.24, 2.45) is 0 Å². The van der Waals surface area contributed by atoms with Gasteiger partial charge in [-0.3, -0.25) is 0 Å². The Kier molecular flexibility index (Phi) is 4.63. The van der Waals surface area contributed by atoms with E-state index in [-0.39, 0.29) is 24.1 Å². The molecule has 1 aromatic carbocycles. The van der Waals surface area contributed by atoms with Crippen molar-refractivity contribution < 1.29 is 23.8 Å². The molecule has 0 aromatic heterocycles. The summed E-state index contributed by atoms with van der Waals surface area (Å²) in [4.78, 5) is 10.6. The second-order valence-electron chi connectivity index (χ2n) is 5.68. The van der Waals surface area contributed by atoms with Crippen molar-refractivity contribution in [1.29, 1.82) is 0 Å². The van der Waals surface area contributed by atoms with Crippen molar-refractivity contribution in [2.45, 2.75) is 38.4 Å². The molecular weight excluding hydrogens is 275 g/mol. The Bertz CT molecular complexity index is 551. The van der Waals surface area contributed by atoms with E-state index in [0.29, 0.717) is 5.56 Å². The number of benzene rings is 1. The summed E-state index contributed by atoms with van der Waals surface area (Å²) in [5, 5.41) is 8.65. The summed E-state index contributed by atoms with van der Waals surface area (Å²) in [5.74, 6) is -1.55. The first-order valence-electron chi connectivity index (χ1n) is 6.87. The molecule has 0 bridgehead atoms. The fourth-order valence-electron chi connectivity index (χ4n) is 2.34. The topological polar surface area (TPSA) is 55.8 Å². The van der Waals surface area contributed by atoms with Crippen molar-refractivity contribution in [3.05, 3.63) is 35.7 Å². The second kappa shape index (κ2) is 6.26. The number of rotatable bonds is 5. The van der Waals surface area contributed by atoms with Gasteiger partial charge in [-0.1, -0.05) is 12.1 Å². The summed E-state index contributed by atoms with van der Waals surface area (Å²) in [6, 6.07) is 4.41. The van der Waals surface area contributed by atoms with Crippen molar-refractivity contribution in [3.8, 4) is 5.75 Å². The zero-order valence-electron chi connectivity index (χ0n) is 12.1. The van der Waals surface area contributed by atoms with E-state index < -0.39 is 11.8 Å². The van der Waals surface area contributed by atoms with Crippen LogP contribution in [-0.2, 0) is 9.53 Å². The lowest BCUT2D eigenvalue weighted by Gasteiger charge is -2.20. The molecule has 0 spiro atoms. The Balaban J connectivity index is 2.07. The summed E-state index contributed by atoms with van der Waals surface area (Å²) < 4.78 is 25.2. The Morgan fingerprint density at radius 3 is 2.95 bits per heavy atom. The molecule has 1 aromatic rings. The molecule has 0 saturated carbocycles. The maximum atomic E-state index is 13.9. The molecule has 5 heteroatoms. The fraction of sp³-hybridized carbons (Fsp3) is 0.438. The number of halogens is 1. The molecule has 1 heterocycles. The number of hydrogen-bond donors (Lipinski definition) is 1. The third kappa shape index (κ3) is 4.29. The highest BCUT2D eigenvalue weighted by molar-refractivity contribution is 5.85. The van der Waals surface area contributed by atoms with Crippen molar-refractivity contribution in [3.63, 3.8) is 0 Å². The molecule has 1 atom stereocenters. The van der Waals surface area contributed by atoms with E-state index in [1.54, 1.807) is 6.07 Å². The quantitative estimate of drug-likeness (QED) is 0.847. The first kappa shape index (κ1) is 15.5. The molecule has 1 saturated heterocycles. The van der Waals surface area contributed by atoms with Crippen LogP contribution in [0.5, 0.6) is 5.75 Å². The zero-order valence-corrected chi connectivity index (χ0v) is 12.1. The number of carbonyl (C=O) groups is 1. The van der Waals surface area contributed by atoms with Gasteiger partial charge in [0.15, 0.2) is 11.6 Å². The van der Waals surface area contributed by atoms with Crippen molar-refractivity contribution in [2.75, 3.05) is 6.61 Å². The molecule has 0 radical (unpaired) electrons. The van der Waals surface area contributed by atoms with Gasteiger partial charge in [0.1, 0.15) is 6.61 Å². The Morgan fingerprint density at radius 1 is 1.57 bits per heavy atom. The van der Waals surface area contributed by atoms with E-state index >= 15 is 0 Å². The Labute approximate surface area is 123 Å². The van der Waals surface area contributed by atoms with Crippen LogP contribution in [0.1, 0.15) is 32.3 Å². The molecule has 1 aliphatic rings. The average Bonchev–Trinajstić information content (AvgIpc) is 2.74. The summed E-state index contributed by atoms with van der Waals surface area (Å²) in [6.45, 7) is 4.27. The van der Waals surface area contributed by atoms with E-state index in [9.17, 15) is 9.18 Å². The largest absolute Gasteiger partial charge is 0.487 e. The molecule has 0 aliphatic carbocycles. The van der Waals surface area contributed by atoms with Gasteiger partial charge < -0.3 is 14.6 Å². The number of carboxylic acid groups (broad SMARTS) is 1. The Morgan fingerprint density at radius 2 is 2.33 bits per heavy atom. The van der Waals surface area contributed by atoms with Gasteiger partial charge >= 0.3 is 5.97 Å². The van der Waals surface area contributed by atoms with Crippen LogP contribution in [-0.4, -0.2) is 29.4 Å². The van der Waals surface area contributed by atoms with Crippen LogP contribution >= 0.6 is 0 Å². The van der Waals surface area contributed by atoms with Crippen LogP contribution in [0.15, 0.2) is 24.3 Å². The summed E-state index contributed by atoms with van der Waals surface area (Å²) in [5.41, 5.74) is 0.227. The van der Waals surface area contributed by atoms with Crippen LogP contribution in [0.25, 0.3) is 6.08 Å². The van der Waals surface area contributed by atoms with Gasteiger partial charge in [0.2, 0.25) is 0 Å². The summed E-state index contributed by atoms with van der Waals surface area (Å²) in [6.07, 6.45) is 4.00. The van der Waals surface area contributed by atoms with Gasteiger partial charge in [-0.05, 0) is 38.8 Å². The fourth-order valence-corrected chi connectivity index (χ4v) is 2.34. The average molecular weight is 294 g/mol. The van der Waals surface area contributed by atoms with Gasteiger partial charge in [-0.15, -0.1) is 0 Å². The second-order valence-corrected chi connectivity index (χ2v) is 5.68. The number of aliphatic carboxylic acids is 1. The lowest BCUT2D eigenvalue weighted by molar-refractivity contribution is -0.131. The van der Waals surface area contributed by atoms with Crippen LogP contribution in [0.3, 0.4) is 0 Å². The predicted molar refractivity (Wildman–Crippen MR) is 76.8 cm³/mol. The third-order valence-corrected chi connectivity index (χ3v) is 3.37. The minimum atomic E-state index is -1.09. The highest BCUT2D eigenvalue weighted by atomic mass is 19.1. The van der Waals surface area contributed by atoms with E-state index in [2.05, 4.69) is 0 Å². The zero-order chi connectivity index (χ0) is 15.5. The smallest absolute Gasteiger partial charge is 0.328 e. The molecule has 21 heavy (non-hydrogen) atoms. The Hall–Kier alpha value is -1.88. The van der Waals surface area contributed by atoms with Crippen LogP contribution < -0.4 is 4.74 Å². The highest BCUT2D eigenvalue weighted by Gasteiger charge is 2.32. The van der Waals surface area contributed by atoms with Gasteiger partial charge in [-0.25, -0.2) is 9.18 Å². The monoisotopic (exact) mass is 294 g/mol. The standard InChI is InChI=1S/C16H19FO4/c1-16(2)9-8-12(21-16)10-20-15-11(6-7-14(18)19)4-3-5-13(15)17/h3-7,12H,8-10H2,1-2H3,(H,18,19)/b7-6+. The predicted octanol–water partition coefficient (Wildman–Crippen LogP) is 3.26. The summed E-state index contributed by atoms with van der Waals surface area (Å²) >= 11 is 0. The lowest BCUT2D eigenvalue weighted by atomic mass is 10.1. The van der Waals surface area contributed by atoms with Crippen LogP contribution in [0.4, 0.5) is 4.39 Å². The first-order valence-corrected chi connectivity index (χ1v) is 6.87. The van der Waals surface area contributed by atoms with Crippen LogP contribution in [0.2, 0.25) is 0 Å². The number of hydrogen-bond acceptors (Lipinski definition) is 3. The highest BCUT2D eigenvalue weighted by Crippen LogP contribution is 2.31. The van der Waals surface area contributed by atoms with Gasteiger partial charge in [-0.2, -0.15) is 0 Å². The molecule has 1 fully saturated rings. The van der Waals surface area contributed by atoms with E-state index in [1.807, 2.05) is 13.8 Å². The molecule has 4 nitrogen and oxygen atoms in total. The maximum Gasteiger partial charge on any atom is 0.328 e. The SMILES string of the molecule is CC1(C)CCC(COc2c(F)cccc2/C=C/C(=O)O)O1. The first-order chi connectivity index (χ1) is 9.87. The normalized spacial score (nSPS) is 20.8. The minimum Gasteiger partial charge on any atom is -0.487 e. The number of ether oxygens (including phenoxy) is 2. The van der Waals surface area contributed by atoms with Crippen LogP contribution in [0, 0.1) is 5.82 Å². The molecule has 2 rings (SSSR count). The molecule has 0 amide bonds. The molecule has 1 unspecified atom stereocenters. The van der Waals surface area contributed by atoms with E-state index in [1.165, 1.54) is 18.2 Å². The van der Waals surface area contributed by atoms with Gasteiger partial charge in [0, 0.05) is 11.6 Å². The van der Waals surface area contributed by atoms with E-state index in [0.717, 1.165) is 18.9 Å². The molecule has 1 aliphatic heterocycles. The molecular formula is C16H19FO4. The van der Waals surface area contributed by atoms with Crippen molar-refractivity contribution in [1.82, 2.24) is 0 Å². The van der Waals surface area contributed by atoms with Crippen molar-refractivity contribution >= 4 is 12.0 Å². The lowest BCUT2D eigenvalue weighted by Crippen LogP contribution is -2.24. The number of carboxylic acids is 1. The molecule has 114 valence electrons. The summed E-state index contributed by atoms with van der Waals surface area (Å²) in [7, 11) is 0. The molecule has 1 N–H and O–H groups in total. The maximum absolute atomic E-state index is 13.9. The van der Waals surface area contributed by atoms with Gasteiger partial charge in [0.25, 0.3) is 0 Å². The third-order valence-electron chi connectivity index (χ3n) is 3.37. The van der Waals surface area contributed by atoms with E-state index in [4.69, 9.17) is 14.6 Å².